The summed E-state index contributed by atoms with van der Waals surface area (Å²) in [6.45, 7) is 0. The van der Waals surface area contributed by atoms with Crippen LogP contribution in [0.25, 0.3) is 111 Å². The van der Waals surface area contributed by atoms with E-state index in [1.54, 1.807) is 0 Å². The Bertz CT molecular complexity index is 3140. The molecule has 0 spiro atoms. The van der Waals surface area contributed by atoms with Crippen molar-refractivity contribution in [3.8, 4) is 45.3 Å². The summed E-state index contributed by atoms with van der Waals surface area (Å²) >= 11 is 0. The predicted molar refractivity (Wildman–Crippen MR) is 203 cm³/mol. The van der Waals surface area contributed by atoms with Gasteiger partial charge in [0.25, 0.3) is 0 Å². The van der Waals surface area contributed by atoms with Crippen molar-refractivity contribution >= 4 is 65.8 Å². The van der Waals surface area contributed by atoms with Gasteiger partial charge in [0.2, 0.25) is 0 Å². The number of furan rings is 3. The average Bonchev–Trinajstić information content (AvgIpc) is 3.87. The van der Waals surface area contributed by atoms with Crippen molar-refractivity contribution in [1.82, 2.24) is 15.0 Å². The first-order valence-corrected chi connectivity index (χ1v) is 16.8. The molecule has 11 aromatic rings. The van der Waals surface area contributed by atoms with Crippen LogP contribution in [0.4, 0.5) is 0 Å². The number of rotatable bonds is 4. The molecule has 0 aliphatic carbocycles. The number of aromatic nitrogens is 3. The molecular weight excluding hydrogens is 631 g/mol. The summed E-state index contributed by atoms with van der Waals surface area (Å²) in [6, 6.07) is 51.1. The van der Waals surface area contributed by atoms with Gasteiger partial charge in [0.15, 0.2) is 17.5 Å². The highest BCUT2D eigenvalue weighted by Crippen LogP contribution is 2.41. The summed E-state index contributed by atoms with van der Waals surface area (Å²) in [5.41, 5.74) is 9.63. The predicted octanol–water partition coefficient (Wildman–Crippen LogP) is 12.2. The molecule has 0 amide bonds. The minimum atomic E-state index is 0.546. The lowest BCUT2D eigenvalue weighted by Crippen LogP contribution is -2.00. The zero-order valence-electron chi connectivity index (χ0n) is 27.0. The number of nitrogens with zero attached hydrogens (tertiary/aromatic N) is 3. The summed E-state index contributed by atoms with van der Waals surface area (Å²) < 4.78 is 19.0. The first-order chi connectivity index (χ1) is 25.2. The van der Waals surface area contributed by atoms with Gasteiger partial charge in [0.1, 0.15) is 33.5 Å². The second-order valence-electron chi connectivity index (χ2n) is 12.8. The van der Waals surface area contributed by atoms with Gasteiger partial charge in [-0.05, 0) is 53.6 Å². The van der Waals surface area contributed by atoms with Gasteiger partial charge in [0.05, 0.1) is 0 Å². The smallest absolute Gasteiger partial charge is 0.164 e. The molecule has 51 heavy (non-hydrogen) atoms. The van der Waals surface area contributed by atoms with E-state index < -0.39 is 0 Å². The van der Waals surface area contributed by atoms with Gasteiger partial charge in [-0.25, -0.2) is 15.0 Å². The van der Waals surface area contributed by atoms with E-state index in [1.165, 1.54) is 0 Å². The fourth-order valence-electron chi connectivity index (χ4n) is 7.29. The Labute approximate surface area is 290 Å². The van der Waals surface area contributed by atoms with E-state index in [1.807, 2.05) is 78.9 Å². The first-order valence-electron chi connectivity index (χ1n) is 16.8. The van der Waals surface area contributed by atoms with Gasteiger partial charge < -0.3 is 13.3 Å². The molecular formula is C45H25N3O3. The van der Waals surface area contributed by atoms with Crippen LogP contribution in [0.3, 0.4) is 0 Å². The van der Waals surface area contributed by atoms with Crippen molar-refractivity contribution < 1.29 is 13.3 Å². The Hall–Kier alpha value is -7.05. The molecule has 11 rings (SSSR count). The van der Waals surface area contributed by atoms with Crippen molar-refractivity contribution in [3.05, 3.63) is 152 Å². The second kappa shape index (κ2) is 10.7. The van der Waals surface area contributed by atoms with Crippen LogP contribution in [-0.2, 0) is 0 Å². The van der Waals surface area contributed by atoms with E-state index in [9.17, 15) is 0 Å². The third kappa shape index (κ3) is 4.40. The van der Waals surface area contributed by atoms with E-state index in [2.05, 4.69) is 72.8 Å². The third-order valence-electron chi connectivity index (χ3n) is 9.76. The average molecular weight is 656 g/mol. The number of benzene rings is 7. The molecule has 6 nitrogen and oxygen atoms in total. The SMILES string of the molecule is c1ccc(-c2ccc(-c3nc(-c4ccc5c(c4)oc4ccccc45)nc(-c4cccc5oc6cc7c(cc6c45)oc4ccccc47)n3)cc2)cc1. The largest absolute Gasteiger partial charge is 0.456 e. The van der Waals surface area contributed by atoms with Crippen molar-refractivity contribution in [1.29, 1.82) is 0 Å². The maximum absolute atomic E-state index is 6.48. The molecule has 0 saturated carbocycles. The van der Waals surface area contributed by atoms with Crippen LogP contribution in [0.1, 0.15) is 0 Å². The van der Waals surface area contributed by atoms with Crippen LogP contribution in [0, 0.1) is 0 Å². The number of para-hydroxylation sites is 2. The second-order valence-corrected chi connectivity index (χ2v) is 12.8. The minimum absolute atomic E-state index is 0.546. The lowest BCUT2D eigenvalue weighted by Gasteiger charge is -2.10. The van der Waals surface area contributed by atoms with Crippen LogP contribution in [0.2, 0.25) is 0 Å². The van der Waals surface area contributed by atoms with E-state index >= 15 is 0 Å². The fourth-order valence-corrected chi connectivity index (χ4v) is 7.29. The molecule has 4 heterocycles. The Morgan fingerprint density at radius 2 is 0.804 bits per heavy atom. The maximum Gasteiger partial charge on any atom is 0.164 e. The van der Waals surface area contributed by atoms with E-state index in [0.717, 1.165) is 93.6 Å². The summed E-state index contributed by atoms with van der Waals surface area (Å²) in [6.07, 6.45) is 0. The van der Waals surface area contributed by atoms with Gasteiger partial charge in [-0.1, -0.05) is 109 Å². The third-order valence-corrected chi connectivity index (χ3v) is 9.76. The molecule has 0 radical (unpaired) electrons. The van der Waals surface area contributed by atoms with Crippen LogP contribution in [-0.4, -0.2) is 15.0 Å². The quantitative estimate of drug-likeness (QED) is 0.188. The van der Waals surface area contributed by atoms with Crippen LogP contribution >= 0.6 is 0 Å². The first kappa shape index (κ1) is 27.9. The molecule has 0 N–H and O–H groups in total. The monoisotopic (exact) mass is 655 g/mol. The molecule has 6 heteroatoms. The molecule has 0 aliphatic rings. The zero-order valence-corrected chi connectivity index (χ0v) is 27.0. The Morgan fingerprint density at radius 3 is 1.59 bits per heavy atom. The number of hydrogen-bond donors (Lipinski definition) is 0. The summed E-state index contributed by atoms with van der Waals surface area (Å²) in [5, 5.41) is 6.06. The van der Waals surface area contributed by atoms with Gasteiger partial charge in [-0.15, -0.1) is 0 Å². The standard InChI is InChI=1S/C45H25N3O3/c1-2-9-26(10-3-1)27-17-19-28(20-18-27)43-46-44(29-21-22-32-30-11-4-6-14-36(30)49-39(32)23-29)48-45(47-43)33-13-8-16-38-42(33)35-25-40-34(24-41(35)51-38)31-12-5-7-15-37(31)50-40/h1-25H. The zero-order chi connectivity index (χ0) is 33.5. The summed E-state index contributed by atoms with van der Waals surface area (Å²) in [5.74, 6) is 1.67. The van der Waals surface area contributed by atoms with Gasteiger partial charge in [0, 0.05) is 49.0 Å². The topological polar surface area (TPSA) is 78.1 Å². The Morgan fingerprint density at radius 1 is 0.294 bits per heavy atom. The summed E-state index contributed by atoms with van der Waals surface area (Å²) in [7, 11) is 0. The van der Waals surface area contributed by atoms with Crippen LogP contribution < -0.4 is 0 Å². The highest BCUT2D eigenvalue weighted by atomic mass is 16.3. The van der Waals surface area contributed by atoms with Crippen molar-refractivity contribution in [2.75, 3.05) is 0 Å². The highest BCUT2D eigenvalue weighted by Gasteiger charge is 2.20. The van der Waals surface area contributed by atoms with E-state index in [-0.39, 0.29) is 0 Å². The fraction of sp³-hybridized carbons (Fsp3) is 0. The molecule has 238 valence electrons. The molecule has 7 aromatic carbocycles. The summed E-state index contributed by atoms with van der Waals surface area (Å²) in [4.78, 5) is 15.3. The number of fused-ring (bicyclic) bond motifs is 9. The van der Waals surface area contributed by atoms with Crippen molar-refractivity contribution in [3.63, 3.8) is 0 Å². The maximum atomic E-state index is 6.48. The molecule has 0 unspecified atom stereocenters. The number of hydrogen-bond acceptors (Lipinski definition) is 6. The molecule has 0 fully saturated rings. The van der Waals surface area contributed by atoms with Crippen molar-refractivity contribution in [2.45, 2.75) is 0 Å². The van der Waals surface area contributed by atoms with Crippen LogP contribution in [0.5, 0.6) is 0 Å². The minimum Gasteiger partial charge on any atom is -0.456 e. The molecule has 0 saturated heterocycles. The molecule has 4 aromatic heterocycles. The molecule has 0 aliphatic heterocycles. The van der Waals surface area contributed by atoms with Gasteiger partial charge >= 0.3 is 0 Å². The van der Waals surface area contributed by atoms with Gasteiger partial charge in [-0.3, -0.25) is 0 Å². The molecule has 0 bridgehead atoms. The van der Waals surface area contributed by atoms with E-state index in [0.29, 0.717) is 17.5 Å². The Kier molecular flexibility index (Phi) is 5.86. The highest BCUT2D eigenvalue weighted by molar-refractivity contribution is 6.18. The lowest BCUT2D eigenvalue weighted by molar-refractivity contribution is 0.664. The van der Waals surface area contributed by atoms with Crippen molar-refractivity contribution in [2.24, 2.45) is 0 Å². The van der Waals surface area contributed by atoms with Crippen LogP contribution in [0.15, 0.2) is 165 Å². The normalized spacial score (nSPS) is 11.9. The lowest BCUT2D eigenvalue weighted by atomic mass is 10.0. The molecule has 0 atom stereocenters. The Balaban J connectivity index is 1.13. The van der Waals surface area contributed by atoms with E-state index in [4.69, 9.17) is 28.2 Å². The van der Waals surface area contributed by atoms with Gasteiger partial charge in [-0.2, -0.15) is 0 Å².